The van der Waals surface area contributed by atoms with E-state index in [-0.39, 0.29) is 0 Å². The first-order valence-corrected chi connectivity index (χ1v) is 8.66. The van der Waals surface area contributed by atoms with Crippen molar-refractivity contribution >= 4 is 23.0 Å². The first kappa shape index (κ1) is 19.1. The van der Waals surface area contributed by atoms with Gasteiger partial charge in [-0.05, 0) is 61.3 Å². The molecule has 2 rings (SSSR count). The van der Waals surface area contributed by atoms with E-state index in [4.69, 9.17) is 21.7 Å². The molecule has 0 aliphatic heterocycles. The summed E-state index contributed by atoms with van der Waals surface area (Å²) in [6, 6.07) is 12.2. The minimum Gasteiger partial charge on any atom is -0.493 e. The van der Waals surface area contributed by atoms with Crippen molar-refractivity contribution in [2.24, 2.45) is 0 Å². The maximum Gasteiger partial charge on any atom is 0.173 e. The maximum absolute atomic E-state index is 5.55. The summed E-state index contributed by atoms with van der Waals surface area (Å²) in [6.45, 7) is 4.98. The van der Waals surface area contributed by atoms with Gasteiger partial charge in [0.1, 0.15) is 0 Å². The fourth-order valence-corrected chi connectivity index (χ4v) is 2.84. The first-order valence-electron chi connectivity index (χ1n) is 8.25. The second-order valence-electron chi connectivity index (χ2n) is 6.06. The molecule has 2 aromatic rings. The zero-order valence-electron chi connectivity index (χ0n) is 15.6. The average molecular weight is 359 g/mol. The molecule has 0 aliphatic carbocycles. The zero-order chi connectivity index (χ0) is 18.4. The van der Waals surface area contributed by atoms with E-state index in [0.717, 1.165) is 35.3 Å². The monoisotopic (exact) mass is 358 g/mol. The molecule has 4 nitrogen and oxygen atoms in total. The fourth-order valence-electron chi connectivity index (χ4n) is 2.65. The van der Waals surface area contributed by atoms with Gasteiger partial charge in [-0.2, -0.15) is 0 Å². The molecule has 0 amide bonds. The molecule has 0 unspecified atom stereocenters. The standard InChI is InChI=1S/C20H26N2O2S/c1-14-7-6-8-15(2)19(14)21-20(25)22(3)12-11-16-9-10-17(23-4)18(13-16)24-5/h6-10,13H,11-12H2,1-5H3,(H,21,25). The molecule has 134 valence electrons. The third-order valence-corrected chi connectivity index (χ3v) is 4.66. The Labute approximate surface area is 155 Å². The van der Waals surface area contributed by atoms with Crippen LogP contribution in [0.15, 0.2) is 36.4 Å². The van der Waals surface area contributed by atoms with Gasteiger partial charge in [-0.3, -0.25) is 0 Å². The first-order chi connectivity index (χ1) is 12.0. The number of anilines is 1. The van der Waals surface area contributed by atoms with Gasteiger partial charge in [0.05, 0.1) is 14.2 Å². The molecule has 0 heterocycles. The summed E-state index contributed by atoms with van der Waals surface area (Å²) in [7, 11) is 5.30. The highest BCUT2D eigenvalue weighted by Gasteiger charge is 2.10. The molecular formula is C20H26N2O2S. The lowest BCUT2D eigenvalue weighted by Gasteiger charge is -2.23. The van der Waals surface area contributed by atoms with Crippen LogP contribution in [0.1, 0.15) is 16.7 Å². The Hall–Kier alpha value is -2.27. The molecule has 0 radical (unpaired) electrons. The summed E-state index contributed by atoms with van der Waals surface area (Å²) < 4.78 is 10.6. The van der Waals surface area contributed by atoms with Crippen molar-refractivity contribution in [2.45, 2.75) is 20.3 Å². The molecule has 0 spiro atoms. The van der Waals surface area contributed by atoms with Gasteiger partial charge in [0.15, 0.2) is 16.6 Å². The van der Waals surface area contributed by atoms with Crippen LogP contribution in [0.4, 0.5) is 5.69 Å². The number of nitrogens with zero attached hydrogens (tertiary/aromatic N) is 1. The number of benzene rings is 2. The van der Waals surface area contributed by atoms with Gasteiger partial charge in [-0.25, -0.2) is 0 Å². The summed E-state index contributed by atoms with van der Waals surface area (Å²) in [4.78, 5) is 2.05. The number of hydrogen-bond donors (Lipinski definition) is 1. The molecule has 0 atom stereocenters. The summed E-state index contributed by atoms with van der Waals surface area (Å²) in [5, 5.41) is 4.09. The van der Waals surface area contributed by atoms with Crippen LogP contribution < -0.4 is 14.8 Å². The van der Waals surface area contributed by atoms with Gasteiger partial charge < -0.3 is 19.7 Å². The third-order valence-electron chi connectivity index (χ3n) is 4.24. The van der Waals surface area contributed by atoms with Crippen LogP contribution in [0.2, 0.25) is 0 Å². The number of nitrogens with one attached hydrogen (secondary N) is 1. The summed E-state index contributed by atoms with van der Waals surface area (Å²) in [5.41, 5.74) is 4.65. The van der Waals surface area contributed by atoms with E-state index in [1.165, 1.54) is 16.7 Å². The molecule has 25 heavy (non-hydrogen) atoms. The quantitative estimate of drug-likeness (QED) is 0.783. The highest BCUT2D eigenvalue weighted by atomic mass is 32.1. The Bertz CT molecular complexity index is 726. The van der Waals surface area contributed by atoms with Crippen molar-refractivity contribution in [1.82, 2.24) is 4.90 Å². The molecule has 0 saturated carbocycles. The van der Waals surface area contributed by atoms with E-state index in [0.29, 0.717) is 0 Å². The van der Waals surface area contributed by atoms with E-state index < -0.39 is 0 Å². The van der Waals surface area contributed by atoms with Gasteiger partial charge in [0, 0.05) is 19.3 Å². The van der Waals surface area contributed by atoms with Crippen molar-refractivity contribution in [3.05, 3.63) is 53.1 Å². The lowest BCUT2D eigenvalue weighted by Crippen LogP contribution is -2.33. The molecule has 0 aromatic heterocycles. The number of aryl methyl sites for hydroxylation is 2. The predicted molar refractivity (Wildman–Crippen MR) is 108 cm³/mol. The molecule has 0 fully saturated rings. The average Bonchev–Trinajstić information content (AvgIpc) is 2.62. The van der Waals surface area contributed by atoms with Gasteiger partial charge in [0.2, 0.25) is 0 Å². The molecule has 5 heteroatoms. The van der Waals surface area contributed by atoms with E-state index in [1.807, 2.05) is 19.2 Å². The Balaban J connectivity index is 1.98. The lowest BCUT2D eigenvalue weighted by atomic mass is 10.1. The number of thiocarbonyl (C=S) groups is 1. The van der Waals surface area contributed by atoms with Crippen molar-refractivity contribution in [3.63, 3.8) is 0 Å². The molecule has 0 saturated heterocycles. The molecule has 1 N–H and O–H groups in total. The molecule has 2 aromatic carbocycles. The zero-order valence-corrected chi connectivity index (χ0v) is 16.4. The van der Waals surface area contributed by atoms with E-state index in [9.17, 15) is 0 Å². The van der Waals surface area contributed by atoms with Crippen LogP contribution >= 0.6 is 12.2 Å². The lowest BCUT2D eigenvalue weighted by molar-refractivity contribution is 0.354. The van der Waals surface area contributed by atoms with E-state index in [1.54, 1.807) is 14.2 Å². The van der Waals surface area contributed by atoms with Gasteiger partial charge in [-0.15, -0.1) is 0 Å². The second-order valence-corrected chi connectivity index (χ2v) is 6.44. The number of hydrogen-bond acceptors (Lipinski definition) is 3. The van der Waals surface area contributed by atoms with Crippen LogP contribution in [0, 0.1) is 13.8 Å². The third kappa shape index (κ3) is 4.86. The van der Waals surface area contributed by atoms with Crippen molar-refractivity contribution < 1.29 is 9.47 Å². The van der Waals surface area contributed by atoms with Crippen molar-refractivity contribution in [2.75, 3.05) is 33.1 Å². The number of ether oxygens (including phenoxy) is 2. The minimum absolute atomic E-state index is 0.720. The normalized spacial score (nSPS) is 10.3. The van der Waals surface area contributed by atoms with Crippen LogP contribution in [0.5, 0.6) is 11.5 Å². The second kappa shape index (κ2) is 8.72. The van der Waals surface area contributed by atoms with Crippen LogP contribution in [0.25, 0.3) is 0 Å². The van der Waals surface area contributed by atoms with Gasteiger partial charge >= 0.3 is 0 Å². The van der Waals surface area contributed by atoms with Gasteiger partial charge in [-0.1, -0.05) is 24.3 Å². The van der Waals surface area contributed by atoms with Crippen molar-refractivity contribution in [1.29, 1.82) is 0 Å². The predicted octanol–water partition coefficient (Wildman–Crippen LogP) is 4.19. The Kier molecular flexibility index (Phi) is 6.65. The molecule has 0 bridgehead atoms. The number of rotatable bonds is 6. The van der Waals surface area contributed by atoms with Crippen LogP contribution in [0.3, 0.4) is 0 Å². The topological polar surface area (TPSA) is 33.7 Å². The van der Waals surface area contributed by atoms with Gasteiger partial charge in [0.25, 0.3) is 0 Å². The van der Waals surface area contributed by atoms with Crippen molar-refractivity contribution in [3.8, 4) is 11.5 Å². The highest BCUT2D eigenvalue weighted by molar-refractivity contribution is 7.80. The number of para-hydroxylation sites is 1. The smallest absolute Gasteiger partial charge is 0.173 e. The molecular weight excluding hydrogens is 332 g/mol. The Morgan fingerprint density at radius 3 is 2.28 bits per heavy atom. The minimum atomic E-state index is 0.720. The van der Waals surface area contributed by atoms with Crippen LogP contribution in [-0.4, -0.2) is 37.8 Å². The largest absolute Gasteiger partial charge is 0.493 e. The maximum atomic E-state index is 5.55. The number of likely N-dealkylation sites (N-methyl/N-ethyl adjacent to an activating group) is 1. The Morgan fingerprint density at radius 2 is 1.68 bits per heavy atom. The SMILES string of the molecule is COc1ccc(CCN(C)C(=S)Nc2c(C)cccc2C)cc1OC. The van der Waals surface area contributed by atoms with Crippen LogP contribution in [-0.2, 0) is 6.42 Å². The van der Waals surface area contributed by atoms with E-state index in [2.05, 4.69) is 48.3 Å². The summed E-state index contributed by atoms with van der Waals surface area (Å²) >= 11 is 5.55. The fraction of sp³-hybridized carbons (Fsp3) is 0.350. The number of methoxy groups -OCH3 is 2. The summed E-state index contributed by atoms with van der Waals surface area (Å²) in [6.07, 6.45) is 0.866. The Morgan fingerprint density at radius 1 is 1.04 bits per heavy atom. The summed E-state index contributed by atoms with van der Waals surface area (Å²) in [5.74, 6) is 1.49. The highest BCUT2D eigenvalue weighted by Crippen LogP contribution is 2.27. The molecule has 0 aliphatic rings. The van der Waals surface area contributed by atoms with E-state index >= 15 is 0 Å².